The molecule has 0 saturated heterocycles. The van der Waals surface area contributed by atoms with Gasteiger partial charge in [0.25, 0.3) is 0 Å². The highest BCUT2D eigenvalue weighted by atomic mass is 32.2. The first-order chi connectivity index (χ1) is 5.86. The highest BCUT2D eigenvalue weighted by molar-refractivity contribution is 8.02. The van der Waals surface area contributed by atoms with Gasteiger partial charge in [0.15, 0.2) is 0 Å². The van der Waals surface area contributed by atoms with Crippen LogP contribution in [0.5, 0.6) is 0 Å². The molecule has 0 amide bonds. The molecule has 1 rings (SSSR count). The topological polar surface area (TPSA) is 37.3 Å². The van der Waals surface area contributed by atoms with Crippen molar-refractivity contribution in [3.05, 3.63) is 0 Å². The molecular weight excluding hydrogens is 184 g/mol. The minimum atomic E-state index is -0.620. The summed E-state index contributed by atoms with van der Waals surface area (Å²) in [6.07, 6.45) is 3.80. The van der Waals surface area contributed by atoms with Crippen molar-refractivity contribution >= 4 is 17.7 Å². The standard InChI is InChI=1S/C10H18O2S/c1-9(2,3)13-10(8(11)12)6-4-5-7-10/h4-7H2,1-3H3,(H,11,12). The largest absolute Gasteiger partial charge is 0.480 e. The van der Waals surface area contributed by atoms with Gasteiger partial charge in [-0.25, -0.2) is 0 Å². The number of aliphatic carboxylic acids is 1. The third-order valence-corrected chi connectivity index (χ3v) is 3.89. The van der Waals surface area contributed by atoms with E-state index in [0.717, 1.165) is 25.7 Å². The van der Waals surface area contributed by atoms with Gasteiger partial charge in [-0.2, -0.15) is 0 Å². The van der Waals surface area contributed by atoms with Crippen molar-refractivity contribution < 1.29 is 9.90 Å². The minimum absolute atomic E-state index is 0.0444. The predicted octanol–water partition coefficient (Wildman–Crippen LogP) is 2.92. The maximum absolute atomic E-state index is 11.2. The summed E-state index contributed by atoms with van der Waals surface area (Å²) in [6.45, 7) is 6.25. The van der Waals surface area contributed by atoms with Crippen molar-refractivity contribution in [2.24, 2.45) is 0 Å². The molecule has 0 atom stereocenters. The summed E-state index contributed by atoms with van der Waals surface area (Å²) in [5.41, 5.74) is 0. The average Bonchev–Trinajstić information content (AvgIpc) is 2.33. The Labute approximate surface area is 84.1 Å². The quantitative estimate of drug-likeness (QED) is 0.748. The van der Waals surface area contributed by atoms with Crippen molar-refractivity contribution in [2.45, 2.75) is 55.9 Å². The van der Waals surface area contributed by atoms with Gasteiger partial charge in [0.05, 0.1) is 0 Å². The van der Waals surface area contributed by atoms with Crippen molar-refractivity contribution in [1.82, 2.24) is 0 Å². The second-order valence-corrected chi connectivity index (χ2v) is 6.93. The Bertz CT molecular complexity index is 199. The molecular formula is C10H18O2S. The Morgan fingerprint density at radius 2 is 1.77 bits per heavy atom. The molecule has 1 N–H and O–H groups in total. The summed E-state index contributed by atoms with van der Waals surface area (Å²) in [4.78, 5) is 11.2. The summed E-state index contributed by atoms with van der Waals surface area (Å²) in [5, 5.41) is 9.21. The number of carbonyl (C=O) groups is 1. The first kappa shape index (κ1) is 10.9. The van der Waals surface area contributed by atoms with E-state index < -0.39 is 10.7 Å². The summed E-state index contributed by atoms with van der Waals surface area (Å²) in [7, 11) is 0. The van der Waals surface area contributed by atoms with Gasteiger partial charge >= 0.3 is 5.97 Å². The molecule has 0 radical (unpaired) electrons. The van der Waals surface area contributed by atoms with Crippen LogP contribution in [0.3, 0.4) is 0 Å². The van der Waals surface area contributed by atoms with Gasteiger partial charge < -0.3 is 5.11 Å². The number of thioether (sulfide) groups is 1. The van der Waals surface area contributed by atoms with E-state index in [-0.39, 0.29) is 4.75 Å². The van der Waals surface area contributed by atoms with E-state index in [1.807, 2.05) is 0 Å². The third-order valence-electron chi connectivity index (χ3n) is 2.30. The summed E-state index contributed by atoms with van der Waals surface area (Å²) < 4.78 is -0.443. The maximum Gasteiger partial charge on any atom is 0.319 e. The van der Waals surface area contributed by atoms with Crippen LogP contribution < -0.4 is 0 Å². The molecule has 0 aromatic rings. The van der Waals surface area contributed by atoms with Crippen LogP contribution in [0, 0.1) is 0 Å². The molecule has 1 saturated carbocycles. The monoisotopic (exact) mass is 202 g/mol. The van der Waals surface area contributed by atoms with Gasteiger partial charge in [0, 0.05) is 4.75 Å². The van der Waals surface area contributed by atoms with Gasteiger partial charge in [-0.05, 0) is 12.8 Å². The van der Waals surface area contributed by atoms with Crippen LogP contribution in [0.15, 0.2) is 0 Å². The Morgan fingerprint density at radius 3 is 2.08 bits per heavy atom. The number of rotatable bonds is 2. The molecule has 76 valence electrons. The smallest absolute Gasteiger partial charge is 0.319 e. The molecule has 2 nitrogen and oxygen atoms in total. The molecule has 0 spiro atoms. The fourth-order valence-electron chi connectivity index (χ4n) is 1.89. The highest BCUT2D eigenvalue weighted by Crippen LogP contribution is 2.47. The van der Waals surface area contributed by atoms with E-state index in [0.29, 0.717) is 0 Å². The van der Waals surface area contributed by atoms with Crippen LogP contribution in [0.25, 0.3) is 0 Å². The van der Waals surface area contributed by atoms with Gasteiger partial charge in [0.1, 0.15) is 4.75 Å². The van der Waals surface area contributed by atoms with E-state index >= 15 is 0 Å². The zero-order valence-electron chi connectivity index (χ0n) is 8.59. The molecule has 0 aliphatic heterocycles. The minimum Gasteiger partial charge on any atom is -0.480 e. The number of hydrogen-bond donors (Lipinski definition) is 1. The lowest BCUT2D eigenvalue weighted by Crippen LogP contribution is -2.35. The summed E-state index contributed by atoms with van der Waals surface area (Å²) in [5.74, 6) is -0.620. The second-order valence-electron chi connectivity index (χ2n) is 4.72. The molecule has 1 aliphatic carbocycles. The number of carboxylic acids is 1. The first-order valence-electron chi connectivity index (χ1n) is 4.79. The summed E-state index contributed by atoms with van der Waals surface area (Å²) >= 11 is 1.62. The van der Waals surface area contributed by atoms with E-state index in [1.54, 1.807) is 11.8 Å². The molecule has 0 aromatic carbocycles. The molecule has 0 unspecified atom stereocenters. The Hall–Kier alpha value is -0.180. The number of carboxylic acid groups (broad SMARTS) is 1. The van der Waals surface area contributed by atoms with Crippen LogP contribution in [-0.4, -0.2) is 20.6 Å². The van der Waals surface area contributed by atoms with Gasteiger partial charge in [-0.3, -0.25) is 4.79 Å². The zero-order valence-corrected chi connectivity index (χ0v) is 9.41. The van der Waals surface area contributed by atoms with Gasteiger partial charge in [-0.15, -0.1) is 11.8 Å². The molecule has 1 fully saturated rings. The average molecular weight is 202 g/mol. The highest BCUT2D eigenvalue weighted by Gasteiger charge is 2.44. The van der Waals surface area contributed by atoms with Crippen molar-refractivity contribution in [3.63, 3.8) is 0 Å². The van der Waals surface area contributed by atoms with E-state index in [2.05, 4.69) is 20.8 Å². The fourth-order valence-corrected chi connectivity index (χ4v) is 3.64. The van der Waals surface area contributed by atoms with E-state index in [1.165, 1.54) is 0 Å². The normalized spacial score (nSPS) is 21.8. The van der Waals surface area contributed by atoms with E-state index in [4.69, 9.17) is 0 Å². The Morgan fingerprint density at radius 1 is 1.31 bits per heavy atom. The van der Waals surface area contributed by atoms with Gasteiger partial charge in [0.2, 0.25) is 0 Å². The molecule has 0 aromatic heterocycles. The lowest BCUT2D eigenvalue weighted by atomic mass is 10.1. The molecule has 0 heterocycles. The fraction of sp³-hybridized carbons (Fsp3) is 0.900. The molecule has 1 aliphatic rings. The Balaban J connectivity index is 2.74. The van der Waals surface area contributed by atoms with Crippen LogP contribution in [0.4, 0.5) is 0 Å². The van der Waals surface area contributed by atoms with Gasteiger partial charge in [-0.1, -0.05) is 33.6 Å². The molecule has 3 heteroatoms. The first-order valence-corrected chi connectivity index (χ1v) is 5.61. The lowest BCUT2D eigenvalue weighted by molar-refractivity contribution is -0.139. The third kappa shape index (κ3) is 2.63. The molecule has 13 heavy (non-hydrogen) atoms. The van der Waals surface area contributed by atoms with Crippen molar-refractivity contribution in [2.75, 3.05) is 0 Å². The van der Waals surface area contributed by atoms with Crippen molar-refractivity contribution in [3.8, 4) is 0 Å². The lowest BCUT2D eigenvalue weighted by Gasteiger charge is -2.31. The van der Waals surface area contributed by atoms with Crippen LogP contribution in [-0.2, 0) is 4.79 Å². The van der Waals surface area contributed by atoms with Crippen LogP contribution in [0.2, 0.25) is 0 Å². The SMILES string of the molecule is CC(C)(C)SC1(C(=O)O)CCCC1. The second kappa shape index (κ2) is 3.52. The maximum atomic E-state index is 11.2. The van der Waals surface area contributed by atoms with Crippen molar-refractivity contribution in [1.29, 1.82) is 0 Å². The zero-order chi connectivity index (χ0) is 10.1. The molecule has 0 bridgehead atoms. The van der Waals surface area contributed by atoms with Crippen LogP contribution in [0.1, 0.15) is 46.5 Å². The predicted molar refractivity (Wildman–Crippen MR) is 56.2 cm³/mol. The van der Waals surface area contributed by atoms with E-state index in [9.17, 15) is 9.90 Å². The Kier molecular flexibility index (Phi) is 2.95. The van der Waals surface area contributed by atoms with Crippen LogP contribution >= 0.6 is 11.8 Å². The number of hydrogen-bond acceptors (Lipinski definition) is 2. The summed E-state index contributed by atoms with van der Waals surface area (Å²) in [6, 6.07) is 0.